The number of anilines is 1. The molecule has 0 atom stereocenters. The number of aryl methyl sites for hydroxylation is 1. The van der Waals surface area contributed by atoms with Gasteiger partial charge in [0.1, 0.15) is 10.7 Å². The zero-order valence-corrected chi connectivity index (χ0v) is 9.71. The first-order valence-electron chi connectivity index (χ1n) is 5.29. The van der Waals surface area contributed by atoms with Crippen LogP contribution >= 0.6 is 0 Å². The molecular weight excluding hydrogens is 224 g/mol. The van der Waals surface area contributed by atoms with Gasteiger partial charge in [0.15, 0.2) is 0 Å². The third-order valence-electron chi connectivity index (χ3n) is 2.86. The summed E-state index contributed by atoms with van der Waals surface area (Å²) < 4.78 is 27.7. The molecule has 1 heterocycles. The molecule has 0 saturated heterocycles. The number of amidine groups is 1. The molecule has 4 nitrogen and oxygen atoms in total. The molecule has 1 aliphatic heterocycles. The minimum atomic E-state index is -3.49. The van der Waals surface area contributed by atoms with Crippen LogP contribution in [-0.2, 0) is 10.0 Å². The van der Waals surface area contributed by atoms with Crippen molar-refractivity contribution < 1.29 is 8.42 Å². The van der Waals surface area contributed by atoms with Gasteiger partial charge in [0, 0.05) is 5.92 Å². The molecule has 1 aromatic carbocycles. The Balaban J connectivity index is 2.16. The highest BCUT2D eigenvalue weighted by Crippen LogP contribution is 2.36. The van der Waals surface area contributed by atoms with Crippen LogP contribution in [0.1, 0.15) is 18.4 Å². The number of rotatable bonds is 1. The van der Waals surface area contributed by atoms with Crippen LogP contribution in [0.3, 0.4) is 0 Å². The van der Waals surface area contributed by atoms with Gasteiger partial charge in [-0.1, -0.05) is 6.07 Å². The number of hydrogen-bond acceptors (Lipinski definition) is 3. The number of fused-ring (bicyclic) bond motifs is 1. The summed E-state index contributed by atoms with van der Waals surface area (Å²) >= 11 is 0. The number of nitrogens with zero attached hydrogens (tertiary/aromatic N) is 1. The van der Waals surface area contributed by atoms with Crippen molar-refractivity contribution in [2.45, 2.75) is 24.7 Å². The van der Waals surface area contributed by atoms with Crippen LogP contribution in [0.2, 0.25) is 0 Å². The topological polar surface area (TPSA) is 58.5 Å². The van der Waals surface area contributed by atoms with E-state index in [1.54, 1.807) is 12.1 Å². The van der Waals surface area contributed by atoms with Gasteiger partial charge in [-0.15, -0.1) is 4.40 Å². The molecule has 5 heteroatoms. The lowest BCUT2D eigenvalue weighted by molar-refractivity contribution is 0.597. The Hall–Kier alpha value is -1.36. The highest BCUT2D eigenvalue weighted by molar-refractivity contribution is 7.90. The second-order valence-corrected chi connectivity index (χ2v) is 5.92. The SMILES string of the molecule is Cc1ccc2c(c1)S(=O)(=O)N=C(C1CC1)N2. The predicted octanol–water partition coefficient (Wildman–Crippen LogP) is 1.92. The normalized spacial score (nSPS) is 21.9. The zero-order chi connectivity index (χ0) is 11.3. The first kappa shape index (κ1) is 9.84. The largest absolute Gasteiger partial charge is 0.342 e. The lowest BCUT2D eigenvalue weighted by atomic mass is 10.2. The first-order valence-corrected chi connectivity index (χ1v) is 6.73. The van der Waals surface area contributed by atoms with Gasteiger partial charge in [-0.05, 0) is 37.5 Å². The standard InChI is InChI=1S/C11H12N2O2S/c1-7-2-5-9-10(6-7)16(14,15)13-11(12-9)8-3-4-8/h2,5-6,8H,3-4H2,1H3,(H,12,13). The lowest BCUT2D eigenvalue weighted by Gasteiger charge is -2.18. The van der Waals surface area contributed by atoms with Crippen molar-refractivity contribution in [2.24, 2.45) is 10.3 Å². The van der Waals surface area contributed by atoms with Gasteiger partial charge in [-0.25, -0.2) is 0 Å². The number of nitrogens with one attached hydrogen (secondary N) is 1. The van der Waals surface area contributed by atoms with E-state index in [1.165, 1.54) is 0 Å². The first-order chi connectivity index (χ1) is 7.56. The van der Waals surface area contributed by atoms with E-state index in [4.69, 9.17) is 0 Å². The fourth-order valence-corrected chi connectivity index (χ4v) is 3.10. The van der Waals surface area contributed by atoms with Gasteiger partial charge < -0.3 is 5.32 Å². The van der Waals surface area contributed by atoms with E-state index in [0.29, 0.717) is 17.4 Å². The molecule has 0 spiro atoms. The summed E-state index contributed by atoms with van der Waals surface area (Å²) in [5.41, 5.74) is 1.58. The summed E-state index contributed by atoms with van der Waals surface area (Å²) in [5.74, 6) is 0.917. The zero-order valence-electron chi connectivity index (χ0n) is 8.90. The molecule has 0 radical (unpaired) electrons. The minimum Gasteiger partial charge on any atom is -0.342 e. The van der Waals surface area contributed by atoms with Crippen molar-refractivity contribution in [2.75, 3.05) is 5.32 Å². The summed E-state index contributed by atoms with van der Waals surface area (Å²) in [6.07, 6.45) is 2.06. The Kier molecular flexibility index (Phi) is 1.89. The van der Waals surface area contributed by atoms with Crippen LogP contribution in [0.15, 0.2) is 27.5 Å². The molecule has 1 aliphatic carbocycles. The van der Waals surface area contributed by atoms with E-state index in [0.717, 1.165) is 18.4 Å². The van der Waals surface area contributed by atoms with E-state index in [9.17, 15) is 8.42 Å². The summed E-state index contributed by atoms with van der Waals surface area (Å²) in [7, 11) is -3.49. The Bertz CT molecular complexity index is 586. The summed E-state index contributed by atoms with van der Waals surface area (Å²) in [4.78, 5) is 0.289. The van der Waals surface area contributed by atoms with Gasteiger partial charge in [-0.3, -0.25) is 0 Å². The second kappa shape index (κ2) is 3.07. The van der Waals surface area contributed by atoms with Crippen molar-refractivity contribution in [3.8, 4) is 0 Å². The van der Waals surface area contributed by atoms with Crippen molar-refractivity contribution >= 4 is 21.5 Å². The molecule has 16 heavy (non-hydrogen) atoms. The van der Waals surface area contributed by atoms with Gasteiger partial charge >= 0.3 is 0 Å². The average Bonchev–Trinajstić information content (AvgIpc) is 3.01. The van der Waals surface area contributed by atoms with Crippen molar-refractivity contribution in [1.82, 2.24) is 0 Å². The van der Waals surface area contributed by atoms with E-state index >= 15 is 0 Å². The molecule has 0 bridgehead atoms. The van der Waals surface area contributed by atoms with Crippen molar-refractivity contribution in [3.63, 3.8) is 0 Å². The van der Waals surface area contributed by atoms with Gasteiger partial charge in [-0.2, -0.15) is 8.42 Å². The third-order valence-corrected chi connectivity index (χ3v) is 4.19. The average molecular weight is 236 g/mol. The number of sulfonamides is 1. The fourth-order valence-electron chi connectivity index (χ4n) is 1.82. The van der Waals surface area contributed by atoms with Crippen LogP contribution < -0.4 is 5.32 Å². The highest BCUT2D eigenvalue weighted by Gasteiger charge is 2.34. The highest BCUT2D eigenvalue weighted by atomic mass is 32.2. The smallest absolute Gasteiger partial charge is 0.286 e. The molecule has 1 fully saturated rings. The Morgan fingerprint density at radius 3 is 2.81 bits per heavy atom. The van der Waals surface area contributed by atoms with E-state index in [1.807, 2.05) is 13.0 Å². The second-order valence-electron chi connectivity index (χ2n) is 4.35. The Morgan fingerprint density at radius 1 is 1.38 bits per heavy atom. The van der Waals surface area contributed by atoms with Gasteiger partial charge in [0.25, 0.3) is 10.0 Å². The minimum absolute atomic E-state index is 0.289. The van der Waals surface area contributed by atoms with Crippen LogP contribution in [0.25, 0.3) is 0 Å². The van der Waals surface area contributed by atoms with Crippen molar-refractivity contribution in [3.05, 3.63) is 23.8 Å². The Labute approximate surface area is 94.5 Å². The summed E-state index contributed by atoms with van der Waals surface area (Å²) in [5, 5.41) is 3.11. The molecule has 1 saturated carbocycles. The molecular formula is C11H12N2O2S. The molecule has 84 valence electrons. The number of hydrogen-bond donors (Lipinski definition) is 1. The van der Waals surface area contributed by atoms with Crippen LogP contribution in [0.5, 0.6) is 0 Å². The molecule has 3 rings (SSSR count). The molecule has 1 N–H and O–H groups in total. The maximum atomic E-state index is 11.9. The predicted molar refractivity (Wildman–Crippen MR) is 62.1 cm³/mol. The van der Waals surface area contributed by atoms with Gasteiger partial charge in [0.05, 0.1) is 5.69 Å². The van der Waals surface area contributed by atoms with Crippen molar-refractivity contribution in [1.29, 1.82) is 0 Å². The maximum Gasteiger partial charge on any atom is 0.286 e. The number of benzene rings is 1. The maximum absolute atomic E-state index is 11.9. The molecule has 1 aromatic rings. The van der Waals surface area contributed by atoms with Gasteiger partial charge in [0.2, 0.25) is 0 Å². The Morgan fingerprint density at radius 2 is 2.12 bits per heavy atom. The monoisotopic (exact) mass is 236 g/mol. The van der Waals surface area contributed by atoms with Crippen LogP contribution in [0.4, 0.5) is 5.69 Å². The molecule has 0 amide bonds. The fraction of sp³-hybridized carbons (Fsp3) is 0.364. The van der Waals surface area contributed by atoms with Crippen LogP contribution in [-0.4, -0.2) is 14.3 Å². The molecule has 2 aliphatic rings. The summed E-state index contributed by atoms with van der Waals surface area (Å²) in [6, 6.07) is 5.36. The summed E-state index contributed by atoms with van der Waals surface area (Å²) in [6.45, 7) is 1.87. The van der Waals surface area contributed by atoms with E-state index in [2.05, 4.69) is 9.71 Å². The lowest BCUT2D eigenvalue weighted by Crippen LogP contribution is -2.23. The van der Waals surface area contributed by atoms with E-state index in [-0.39, 0.29) is 4.90 Å². The molecule has 0 aromatic heterocycles. The third kappa shape index (κ3) is 1.51. The quantitative estimate of drug-likeness (QED) is 0.810. The van der Waals surface area contributed by atoms with Crippen LogP contribution in [0, 0.1) is 12.8 Å². The van der Waals surface area contributed by atoms with E-state index < -0.39 is 10.0 Å². The molecule has 0 unspecified atom stereocenters.